The predicted molar refractivity (Wildman–Crippen MR) is 116 cm³/mol. The maximum Gasteiger partial charge on any atom is 0.336 e. The second-order valence-corrected chi connectivity index (χ2v) is 6.88. The number of benzene rings is 3. The molecule has 1 heterocycles. The van der Waals surface area contributed by atoms with Gasteiger partial charge in [0.25, 0.3) is 0 Å². The van der Waals surface area contributed by atoms with Gasteiger partial charge in [-0.1, -0.05) is 72.3 Å². The van der Waals surface area contributed by atoms with Gasteiger partial charge in [-0.05, 0) is 42.0 Å². The van der Waals surface area contributed by atoms with Crippen LogP contribution in [0.25, 0.3) is 28.6 Å². The first-order chi connectivity index (χ1) is 14.1. The fourth-order valence-electron chi connectivity index (χ4n) is 3.12. The number of halogens is 1. The summed E-state index contributed by atoms with van der Waals surface area (Å²) in [4.78, 5) is 11.9. The van der Waals surface area contributed by atoms with Gasteiger partial charge in [0.15, 0.2) is 0 Å². The molecule has 0 fully saturated rings. The van der Waals surface area contributed by atoms with Gasteiger partial charge >= 0.3 is 5.97 Å². The standard InChI is InChI=1S/C24H17ClN2O2/c25-19-11-7-10-18(14-19)22(24(28)29)15-20-16-23(17-8-3-1-4-9-17)27(26-20)21-12-5-2-6-13-21/h1-16H,(H,28,29)/b22-15-. The molecular formula is C24H17ClN2O2. The maximum atomic E-state index is 11.9. The fraction of sp³-hybridized carbons (Fsp3) is 0. The Labute approximate surface area is 173 Å². The smallest absolute Gasteiger partial charge is 0.336 e. The highest BCUT2D eigenvalue weighted by molar-refractivity contribution is 6.31. The van der Waals surface area contributed by atoms with Crippen molar-refractivity contribution in [1.29, 1.82) is 0 Å². The van der Waals surface area contributed by atoms with E-state index in [0.29, 0.717) is 16.3 Å². The first kappa shape index (κ1) is 18.7. The zero-order valence-electron chi connectivity index (χ0n) is 15.4. The first-order valence-corrected chi connectivity index (χ1v) is 9.41. The van der Waals surface area contributed by atoms with E-state index in [-0.39, 0.29) is 5.57 Å². The monoisotopic (exact) mass is 400 g/mol. The molecule has 0 aliphatic rings. The Morgan fingerprint density at radius 1 is 0.897 bits per heavy atom. The zero-order chi connectivity index (χ0) is 20.2. The highest BCUT2D eigenvalue weighted by Gasteiger charge is 2.15. The van der Waals surface area contributed by atoms with Gasteiger partial charge in [-0.25, -0.2) is 9.48 Å². The number of hydrogen-bond donors (Lipinski definition) is 1. The van der Waals surface area contributed by atoms with E-state index in [2.05, 4.69) is 5.10 Å². The van der Waals surface area contributed by atoms with E-state index in [1.807, 2.05) is 71.4 Å². The van der Waals surface area contributed by atoms with Crippen LogP contribution in [0, 0.1) is 0 Å². The Balaban J connectivity index is 1.87. The molecule has 1 aromatic heterocycles. The van der Waals surface area contributed by atoms with Crippen molar-refractivity contribution in [3.63, 3.8) is 0 Å². The second-order valence-electron chi connectivity index (χ2n) is 6.44. The number of carboxylic acid groups (broad SMARTS) is 1. The molecule has 4 nitrogen and oxygen atoms in total. The lowest BCUT2D eigenvalue weighted by atomic mass is 10.0. The first-order valence-electron chi connectivity index (χ1n) is 9.03. The van der Waals surface area contributed by atoms with Crippen molar-refractivity contribution in [3.8, 4) is 16.9 Å². The SMILES string of the molecule is O=C(O)/C(=C\c1cc(-c2ccccc2)n(-c2ccccc2)n1)c1cccc(Cl)c1. The van der Waals surface area contributed by atoms with Gasteiger partial charge in [0.2, 0.25) is 0 Å². The summed E-state index contributed by atoms with van der Waals surface area (Å²) in [5.41, 5.74) is 3.96. The lowest BCUT2D eigenvalue weighted by Crippen LogP contribution is -2.01. The van der Waals surface area contributed by atoms with Crippen molar-refractivity contribution in [3.05, 3.63) is 107 Å². The van der Waals surface area contributed by atoms with Crippen molar-refractivity contribution in [2.75, 3.05) is 0 Å². The minimum Gasteiger partial charge on any atom is -0.478 e. The van der Waals surface area contributed by atoms with E-state index < -0.39 is 5.97 Å². The number of aromatic nitrogens is 2. The summed E-state index contributed by atoms with van der Waals surface area (Å²) < 4.78 is 1.82. The predicted octanol–water partition coefficient (Wildman–Crippen LogP) is 5.82. The molecule has 0 saturated carbocycles. The molecule has 0 aliphatic heterocycles. The van der Waals surface area contributed by atoms with Crippen molar-refractivity contribution >= 4 is 29.2 Å². The van der Waals surface area contributed by atoms with Gasteiger partial charge in [-0.2, -0.15) is 5.10 Å². The molecule has 0 aliphatic carbocycles. The van der Waals surface area contributed by atoms with Gasteiger partial charge in [0.05, 0.1) is 22.6 Å². The number of para-hydroxylation sites is 1. The van der Waals surface area contributed by atoms with Crippen LogP contribution in [-0.4, -0.2) is 20.9 Å². The average Bonchev–Trinajstić information content (AvgIpc) is 3.17. The molecule has 5 heteroatoms. The molecule has 0 bridgehead atoms. The van der Waals surface area contributed by atoms with Gasteiger partial charge in [0.1, 0.15) is 0 Å². The van der Waals surface area contributed by atoms with Crippen molar-refractivity contribution in [2.24, 2.45) is 0 Å². The van der Waals surface area contributed by atoms with Crippen LogP contribution in [0.4, 0.5) is 0 Å². The number of carbonyl (C=O) groups is 1. The Morgan fingerprint density at radius 3 is 2.24 bits per heavy atom. The molecule has 0 radical (unpaired) electrons. The Hall–Kier alpha value is -3.63. The van der Waals surface area contributed by atoms with Gasteiger partial charge in [-0.3, -0.25) is 0 Å². The van der Waals surface area contributed by atoms with E-state index >= 15 is 0 Å². The summed E-state index contributed by atoms with van der Waals surface area (Å²) in [5, 5.41) is 14.9. The Morgan fingerprint density at radius 2 is 1.59 bits per heavy atom. The van der Waals surface area contributed by atoms with Crippen LogP contribution in [0.1, 0.15) is 11.3 Å². The van der Waals surface area contributed by atoms with Crippen LogP contribution in [0.15, 0.2) is 91.0 Å². The van der Waals surface area contributed by atoms with E-state index in [1.165, 1.54) is 0 Å². The summed E-state index contributed by atoms with van der Waals surface area (Å²) in [6, 6.07) is 28.3. The molecule has 0 unspecified atom stereocenters. The lowest BCUT2D eigenvalue weighted by Gasteiger charge is -2.07. The minimum atomic E-state index is -1.04. The molecule has 4 rings (SSSR count). The molecular weight excluding hydrogens is 384 g/mol. The number of carboxylic acids is 1. The molecule has 0 amide bonds. The summed E-state index contributed by atoms with van der Waals surface area (Å²) in [6.45, 7) is 0. The van der Waals surface area contributed by atoms with Crippen LogP contribution in [0.2, 0.25) is 5.02 Å². The summed E-state index contributed by atoms with van der Waals surface area (Å²) in [6.07, 6.45) is 1.57. The molecule has 3 aromatic carbocycles. The molecule has 142 valence electrons. The van der Waals surface area contributed by atoms with E-state index in [4.69, 9.17) is 11.6 Å². The summed E-state index contributed by atoms with van der Waals surface area (Å²) in [5.74, 6) is -1.04. The summed E-state index contributed by atoms with van der Waals surface area (Å²) in [7, 11) is 0. The van der Waals surface area contributed by atoms with Crippen molar-refractivity contribution in [1.82, 2.24) is 9.78 Å². The van der Waals surface area contributed by atoms with Gasteiger partial charge in [-0.15, -0.1) is 0 Å². The van der Waals surface area contributed by atoms with Crippen LogP contribution in [0.3, 0.4) is 0 Å². The van der Waals surface area contributed by atoms with Gasteiger partial charge < -0.3 is 5.11 Å². The van der Waals surface area contributed by atoms with E-state index in [0.717, 1.165) is 16.9 Å². The largest absolute Gasteiger partial charge is 0.478 e. The summed E-state index contributed by atoms with van der Waals surface area (Å²) >= 11 is 6.05. The Bertz CT molecular complexity index is 1130. The quantitative estimate of drug-likeness (QED) is 0.429. The normalized spacial score (nSPS) is 11.4. The molecule has 4 aromatic rings. The highest BCUT2D eigenvalue weighted by atomic mass is 35.5. The maximum absolute atomic E-state index is 11.9. The highest BCUT2D eigenvalue weighted by Crippen LogP contribution is 2.27. The van der Waals surface area contributed by atoms with Gasteiger partial charge in [0, 0.05) is 10.6 Å². The van der Waals surface area contributed by atoms with Crippen molar-refractivity contribution in [2.45, 2.75) is 0 Å². The number of rotatable bonds is 5. The minimum absolute atomic E-state index is 0.129. The van der Waals surface area contributed by atoms with Crippen LogP contribution in [0.5, 0.6) is 0 Å². The number of hydrogen-bond acceptors (Lipinski definition) is 2. The molecule has 29 heavy (non-hydrogen) atoms. The van der Waals surface area contributed by atoms with E-state index in [1.54, 1.807) is 30.3 Å². The molecule has 0 saturated heterocycles. The zero-order valence-corrected chi connectivity index (χ0v) is 16.1. The number of nitrogens with zero attached hydrogens (tertiary/aromatic N) is 2. The third kappa shape index (κ3) is 4.13. The number of aliphatic carboxylic acids is 1. The molecule has 0 spiro atoms. The second kappa shape index (κ2) is 8.17. The van der Waals surface area contributed by atoms with Crippen LogP contribution >= 0.6 is 11.6 Å². The van der Waals surface area contributed by atoms with Crippen molar-refractivity contribution < 1.29 is 9.90 Å². The van der Waals surface area contributed by atoms with E-state index in [9.17, 15) is 9.90 Å². The van der Waals surface area contributed by atoms with Crippen LogP contribution < -0.4 is 0 Å². The average molecular weight is 401 g/mol. The third-order valence-electron chi connectivity index (χ3n) is 4.46. The Kier molecular flexibility index (Phi) is 5.27. The van der Waals surface area contributed by atoms with Crippen LogP contribution in [-0.2, 0) is 4.79 Å². The topological polar surface area (TPSA) is 55.1 Å². The molecule has 1 N–H and O–H groups in total. The molecule has 0 atom stereocenters. The lowest BCUT2D eigenvalue weighted by molar-refractivity contribution is -0.130. The third-order valence-corrected chi connectivity index (χ3v) is 4.69. The fourth-order valence-corrected chi connectivity index (χ4v) is 3.31.